The maximum atomic E-state index is 4.98. The van der Waals surface area contributed by atoms with Crippen LogP contribution >= 0.6 is 15.9 Å². The molecule has 1 heterocycles. The monoisotopic (exact) mass is 345 g/mol. The van der Waals surface area contributed by atoms with E-state index in [9.17, 15) is 0 Å². The number of hydrogen-bond donors (Lipinski definition) is 0. The fourth-order valence-electron chi connectivity index (χ4n) is 2.62. The average molecular weight is 346 g/mol. The summed E-state index contributed by atoms with van der Waals surface area (Å²) in [6.45, 7) is 2.19. The fourth-order valence-corrected chi connectivity index (χ4v) is 2.88. The lowest BCUT2D eigenvalue weighted by molar-refractivity contribution is 0.212. The molecule has 4 nitrogen and oxygen atoms in total. The first-order valence-corrected chi connectivity index (χ1v) is 7.69. The first-order chi connectivity index (χ1) is 10.2. The Morgan fingerprint density at radius 2 is 1.95 bits per heavy atom. The van der Waals surface area contributed by atoms with Crippen molar-refractivity contribution in [3.8, 4) is 11.3 Å². The van der Waals surface area contributed by atoms with Gasteiger partial charge in [-0.3, -0.25) is 0 Å². The standard InChI is InChI=1S/C16H16BrN3O/c1-10-7-15-13(16(8-10)20-21-2)9-14(18-19-15)11-3-5-12(17)6-4-11/h3-6,9-10H,7-8H2,1-2H3/t10-/m0/s1. The lowest BCUT2D eigenvalue weighted by atomic mass is 9.86. The highest BCUT2D eigenvalue weighted by molar-refractivity contribution is 9.10. The number of aromatic nitrogens is 2. The molecule has 108 valence electrons. The van der Waals surface area contributed by atoms with Crippen molar-refractivity contribution in [1.82, 2.24) is 10.2 Å². The number of nitrogens with zero attached hydrogens (tertiary/aromatic N) is 3. The van der Waals surface area contributed by atoms with Crippen molar-refractivity contribution in [2.45, 2.75) is 19.8 Å². The number of halogens is 1. The predicted molar refractivity (Wildman–Crippen MR) is 86.2 cm³/mol. The summed E-state index contributed by atoms with van der Waals surface area (Å²) in [6, 6.07) is 10.1. The second-order valence-electron chi connectivity index (χ2n) is 5.33. The summed E-state index contributed by atoms with van der Waals surface area (Å²) in [5.41, 5.74) is 4.93. The van der Waals surface area contributed by atoms with Gasteiger partial charge in [-0.1, -0.05) is 40.1 Å². The summed E-state index contributed by atoms with van der Waals surface area (Å²) in [5.74, 6) is 0.513. The molecule has 0 radical (unpaired) electrons. The van der Waals surface area contributed by atoms with E-state index >= 15 is 0 Å². The zero-order valence-electron chi connectivity index (χ0n) is 12.0. The molecule has 0 fully saturated rings. The van der Waals surface area contributed by atoms with Crippen LogP contribution in [0.1, 0.15) is 24.6 Å². The van der Waals surface area contributed by atoms with E-state index in [-0.39, 0.29) is 0 Å². The van der Waals surface area contributed by atoms with E-state index in [4.69, 9.17) is 4.84 Å². The van der Waals surface area contributed by atoms with Crippen molar-refractivity contribution in [3.63, 3.8) is 0 Å². The second-order valence-corrected chi connectivity index (χ2v) is 6.25. The van der Waals surface area contributed by atoms with E-state index in [1.165, 1.54) is 0 Å². The topological polar surface area (TPSA) is 47.4 Å². The Kier molecular flexibility index (Phi) is 4.01. The Morgan fingerprint density at radius 1 is 1.19 bits per heavy atom. The molecular formula is C16H16BrN3O. The number of hydrogen-bond acceptors (Lipinski definition) is 4. The van der Waals surface area contributed by atoms with E-state index in [2.05, 4.69) is 44.3 Å². The van der Waals surface area contributed by atoms with Crippen LogP contribution < -0.4 is 0 Å². The first-order valence-electron chi connectivity index (χ1n) is 6.90. The maximum Gasteiger partial charge on any atom is 0.106 e. The Bertz CT molecular complexity index is 682. The van der Waals surface area contributed by atoms with Crippen LogP contribution in [0.3, 0.4) is 0 Å². The summed E-state index contributed by atoms with van der Waals surface area (Å²) in [5, 5.41) is 12.9. The van der Waals surface area contributed by atoms with Crippen molar-refractivity contribution in [3.05, 3.63) is 46.1 Å². The summed E-state index contributed by atoms with van der Waals surface area (Å²) in [7, 11) is 1.58. The van der Waals surface area contributed by atoms with Crippen LogP contribution in [0, 0.1) is 5.92 Å². The molecule has 1 aromatic heterocycles. The molecule has 0 spiro atoms. The number of fused-ring (bicyclic) bond motifs is 1. The molecule has 3 rings (SSSR count). The molecule has 1 atom stereocenters. The van der Waals surface area contributed by atoms with Gasteiger partial charge in [0.25, 0.3) is 0 Å². The molecule has 0 N–H and O–H groups in total. The van der Waals surface area contributed by atoms with E-state index in [1.54, 1.807) is 7.11 Å². The van der Waals surface area contributed by atoms with Gasteiger partial charge in [-0.15, -0.1) is 0 Å². The quantitative estimate of drug-likeness (QED) is 0.777. The van der Waals surface area contributed by atoms with Crippen LogP contribution in [0.2, 0.25) is 0 Å². The Morgan fingerprint density at radius 3 is 2.67 bits per heavy atom. The van der Waals surface area contributed by atoms with Gasteiger partial charge in [-0.2, -0.15) is 10.2 Å². The number of rotatable bonds is 2. The third kappa shape index (κ3) is 2.97. The zero-order chi connectivity index (χ0) is 14.8. The highest BCUT2D eigenvalue weighted by atomic mass is 79.9. The highest BCUT2D eigenvalue weighted by Gasteiger charge is 2.23. The largest absolute Gasteiger partial charge is 0.399 e. The molecule has 0 saturated heterocycles. The number of benzene rings is 1. The molecule has 1 aromatic carbocycles. The van der Waals surface area contributed by atoms with E-state index < -0.39 is 0 Å². The van der Waals surface area contributed by atoms with Crippen LogP contribution in [0.5, 0.6) is 0 Å². The lowest BCUT2D eigenvalue weighted by Crippen LogP contribution is -2.21. The van der Waals surface area contributed by atoms with Crippen molar-refractivity contribution in [2.75, 3.05) is 7.11 Å². The van der Waals surface area contributed by atoms with Crippen LogP contribution in [-0.2, 0) is 11.3 Å². The molecule has 2 aromatic rings. The Balaban J connectivity index is 2.05. The molecule has 0 aliphatic heterocycles. The lowest BCUT2D eigenvalue weighted by Gasteiger charge is -2.21. The van der Waals surface area contributed by atoms with Gasteiger partial charge in [0.1, 0.15) is 7.11 Å². The van der Waals surface area contributed by atoms with E-state index in [0.29, 0.717) is 5.92 Å². The molecule has 0 bridgehead atoms. The highest BCUT2D eigenvalue weighted by Crippen LogP contribution is 2.27. The average Bonchev–Trinajstić information content (AvgIpc) is 2.48. The molecule has 1 aliphatic carbocycles. The van der Waals surface area contributed by atoms with Gasteiger partial charge in [-0.05, 0) is 37.0 Å². The van der Waals surface area contributed by atoms with Gasteiger partial charge in [0.15, 0.2) is 0 Å². The van der Waals surface area contributed by atoms with Crippen molar-refractivity contribution in [2.24, 2.45) is 11.1 Å². The third-order valence-corrected chi connectivity index (χ3v) is 4.14. The molecule has 5 heteroatoms. The zero-order valence-corrected chi connectivity index (χ0v) is 13.6. The minimum atomic E-state index is 0.513. The number of oxime groups is 1. The molecule has 1 aliphatic rings. The van der Waals surface area contributed by atoms with E-state index in [1.807, 2.05) is 24.3 Å². The van der Waals surface area contributed by atoms with Crippen molar-refractivity contribution >= 4 is 21.6 Å². The maximum absolute atomic E-state index is 4.98. The van der Waals surface area contributed by atoms with Crippen LogP contribution in [0.15, 0.2) is 40.0 Å². The van der Waals surface area contributed by atoms with E-state index in [0.717, 1.165) is 45.5 Å². The summed E-state index contributed by atoms with van der Waals surface area (Å²) in [4.78, 5) is 4.98. The SMILES string of the molecule is CON=C1C[C@@H](C)Cc2nnc(-c3ccc(Br)cc3)cc21. The molecule has 21 heavy (non-hydrogen) atoms. The van der Waals surface area contributed by atoms with Crippen LogP contribution in [0.25, 0.3) is 11.3 Å². The van der Waals surface area contributed by atoms with Crippen LogP contribution in [-0.4, -0.2) is 23.0 Å². The van der Waals surface area contributed by atoms with Crippen molar-refractivity contribution < 1.29 is 4.84 Å². The smallest absolute Gasteiger partial charge is 0.106 e. The van der Waals surface area contributed by atoms with Gasteiger partial charge < -0.3 is 4.84 Å². The van der Waals surface area contributed by atoms with Gasteiger partial charge in [0.2, 0.25) is 0 Å². The van der Waals surface area contributed by atoms with Crippen molar-refractivity contribution in [1.29, 1.82) is 0 Å². The van der Waals surface area contributed by atoms with Crippen LogP contribution in [0.4, 0.5) is 0 Å². The Hall–Kier alpha value is -1.75. The summed E-state index contributed by atoms with van der Waals surface area (Å²) < 4.78 is 1.05. The second kappa shape index (κ2) is 5.93. The van der Waals surface area contributed by atoms with Gasteiger partial charge in [-0.25, -0.2) is 0 Å². The fraction of sp³-hybridized carbons (Fsp3) is 0.312. The minimum Gasteiger partial charge on any atom is -0.399 e. The minimum absolute atomic E-state index is 0.513. The first kappa shape index (κ1) is 14.2. The normalized spacial score (nSPS) is 19.4. The predicted octanol–water partition coefficient (Wildman–Crippen LogP) is 3.84. The molecule has 0 unspecified atom stereocenters. The van der Waals surface area contributed by atoms with Gasteiger partial charge in [0, 0.05) is 15.6 Å². The van der Waals surface area contributed by atoms with Gasteiger partial charge in [0.05, 0.1) is 17.1 Å². The van der Waals surface area contributed by atoms with Gasteiger partial charge >= 0.3 is 0 Å². The third-order valence-electron chi connectivity index (χ3n) is 3.61. The molecule has 0 amide bonds. The summed E-state index contributed by atoms with van der Waals surface area (Å²) in [6.07, 6.45) is 1.85. The molecular weight excluding hydrogens is 330 g/mol. The molecule has 0 saturated carbocycles. The summed E-state index contributed by atoms with van der Waals surface area (Å²) >= 11 is 3.44. The Labute approximate surface area is 132 Å².